The van der Waals surface area contributed by atoms with Crippen molar-refractivity contribution < 1.29 is 5.11 Å². The minimum Gasteiger partial charge on any atom is -0.391 e. The highest BCUT2D eigenvalue weighted by molar-refractivity contribution is 7.16. The zero-order valence-electron chi connectivity index (χ0n) is 11.2. The van der Waals surface area contributed by atoms with Crippen molar-refractivity contribution in [3.05, 3.63) is 10.0 Å². The van der Waals surface area contributed by atoms with Gasteiger partial charge in [-0.1, -0.05) is 22.9 Å². The van der Waals surface area contributed by atoms with E-state index in [0.717, 1.165) is 35.1 Å². The first kappa shape index (κ1) is 13.6. The van der Waals surface area contributed by atoms with Crippen LogP contribution in [0.5, 0.6) is 0 Å². The van der Waals surface area contributed by atoms with Crippen LogP contribution in [0.25, 0.3) is 0 Å². The number of fused-ring (bicyclic) bond motifs is 1. The SMILES string of the molecule is CN1CCCC2CN(c3nc(Cl)c(CO)s3)CCC21. The predicted octanol–water partition coefficient (Wildman–Crippen LogP) is 2.21. The lowest BCUT2D eigenvalue weighted by molar-refractivity contribution is 0.102. The van der Waals surface area contributed by atoms with E-state index in [1.54, 1.807) is 0 Å². The van der Waals surface area contributed by atoms with Crippen LogP contribution in [0.4, 0.5) is 5.13 Å². The molecule has 0 bridgehead atoms. The summed E-state index contributed by atoms with van der Waals surface area (Å²) in [5, 5.41) is 10.6. The summed E-state index contributed by atoms with van der Waals surface area (Å²) in [6.07, 6.45) is 3.82. The van der Waals surface area contributed by atoms with Crippen LogP contribution in [0, 0.1) is 5.92 Å². The number of anilines is 1. The zero-order chi connectivity index (χ0) is 13.4. The number of hydrogen-bond acceptors (Lipinski definition) is 5. The molecule has 0 spiro atoms. The molecule has 2 aliphatic heterocycles. The number of rotatable bonds is 2. The molecular weight excluding hydrogens is 282 g/mol. The van der Waals surface area contributed by atoms with E-state index in [0.29, 0.717) is 5.15 Å². The number of likely N-dealkylation sites (tertiary alicyclic amines) is 1. The summed E-state index contributed by atoms with van der Waals surface area (Å²) < 4.78 is 0. The third-order valence-electron chi connectivity index (χ3n) is 4.40. The number of piperidine rings is 2. The molecule has 6 heteroatoms. The molecule has 1 N–H and O–H groups in total. The largest absolute Gasteiger partial charge is 0.391 e. The van der Waals surface area contributed by atoms with Crippen LogP contribution in [0.1, 0.15) is 24.1 Å². The molecule has 2 atom stereocenters. The second-order valence-corrected chi connectivity index (χ2v) is 6.97. The summed E-state index contributed by atoms with van der Waals surface area (Å²) in [5.74, 6) is 0.743. The Morgan fingerprint density at radius 1 is 1.42 bits per heavy atom. The summed E-state index contributed by atoms with van der Waals surface area (Å²) in [6, 6.07) is 0.734. The van der Waals surface area contributed by atoms with Crippen molar-refractivity contribution in [1.82, 2.24) is 9.88 Å². The van der Waals surface area contributed by atoms with Crippen LogP contribution < -0.4 is 4.90 Å². The summed E-state index contributed by atoms with van der Waals surface area (Å²) >= 11 is 7.55. The molecule has 2 aliphatic rings. The first-order valence-electron chi connectivity index (χ1n) is 6.90. The Morgan fingerprint density at radius 3 is 3.00 bits per heavy atom. The maximum Gasteiger partial charge on any atom is 0.187 e. The molecule has 0 amide bonds. The van der Waals surface area contributed by atoms with Crippen LogP contribution in [0.2, 0.25) is 5.15 Å². The predicted molar refractivity (Wildman–Crippen MR) is 79.0 cm³/mol. The molecule has 106 valence electrons. The fourth-order valence-electron chi connectivity index (χ4n) is 3.38. The highest BCUT2D eigenvalue weighted by Crippen LogP contribution is 2.35. The quantitative estimate of drug-likeness (QED) is 0.909. The molecule has 2 unspecified atom stereocenters. The van der Waals surface area contributed by atoms with Crippen molar-refractivity contribution in [1.29, 1.82) is 0 Å². The Bertz CT molecular complexity index is 453. The highest BCUT2D eigenvalue weighted by Gasteiger charge is 2.35. The molecule has 0 aromatic carbocycles. The van der Waals surface area contributed by atoms with Crippen LogP contribution in [-0.2, 0) is 6.61 Å². The number of thiazole rings is 1. The van der Waals surface area contributed by atoms with Crippen LogP contribution in [0.15, 0.2) is 0 Å². The molecule has 4 nitrogen and oxygen atoms in total. The van der Waals surface area contributed by atoms with Gasteiger partial charge in [0.1, 0.15) is 5.15 Å². The van der Waals surface area contributed by atoms with Crippen LogP contribution in [0.3, 0.4) is 0 Å². The van der Waals surface area contributed by atoms with Crippen molar-refractivity contribution in [2.45, 2.75) is 31.9 Å². The number of aliphatic hydroxyl groups is 1. The maximum atomic E-state index is 9.21. The lowest BCUT2D eigenvalue weighted by Gasteiger charge is -2.45. The molecule has 0 aliphatic carbocycles. The smallest absolute Gasteiger partial charge is 0.187 e. The second-order valence-electron chi connectivity index (χ2n) is 5.55. The van der Waals surface area contributed by atoms with Gasteiger partial charge in [-0.05, 0) is 38.8 Å². The number of nitrogens with zero attached hydrogens (tertiary/aromatic N) is 3. The molecule has 19 heavy (non-hydrogen) atoms. The Morgan fingerprint density at radius 2 is 2.26 bits per heavy atom. The Labute approximate surface area is 123 Å². The van der Waals surface area contributed by atoms with Gasteiger partial charge >= 0.3 is 0 Å². The van der Waals surface area contributed by atoms with E-state index in [-0.39, 0.29) is 6.61 Å². The normalized spacial score (nSPS) is 28.5. The number of aliphatic hydroxyl groups excluding tert-OH is 1. The van der Waals surface area contributed by atoms with E-state index in [2.05, 4.69) is 21.8 Å². The van der Waals surface area contributed by atoms with Gasteiger partial charge in [0, 0.05) is 19.1 Å². The average molecular weight is 302 g/mol. The van der Waals surface area contributed by atoms with Gasteiger partial charge in [-0.3, -0.25) is 0 Å². The first-order valence-corrected chi connectivity index (χ1v) is 8.09. The highest BCUT2D eigenvalue weighted by atomic mass is 35.5. The van der Waals surface area contributed by atoms with Gasteiger partial charge in [-0.25, -0.2) is 4.98 Å². The summed E-state index contributed by atoms with van der Waals surface area (Å²) in [7, 11) is 2.25. The number of hydrogen-bond donors (Lipinski definition) is 1. The lowest BCUT2D eigenvalue weighted by Crippen LogP contribution is -2.52. The minimum absolute atomic E-state index is 0.0148. The first-order chi connectivity index (χ1) is 9.19. The summed E-state index contributed by atoms with van der Waals surface area (Å²) in [6.45, 7) is 3.34. The molecule has 1 aromatic heterocycles. The summed E-state index contributed by atoms with van der Waals surface area (Å²) in [4.78, 5) is 10.0. The van der Waals surface area contributed by atoms with Gasteiger partial charge in [0.15, 0.2) is 5.13 Å². The Balaban J connectivity index is 1.73. The third kappa shape index (κ3) is 2.61. The molecule has 0 saturated carbocycles. The number of halogens is 1. The third-order valence-corrected chi connectivity index (χ3v) is 5.92. The van der Waals surface area contributed by atoms with E-state index in [4.69, 9.17) is 11.6 Å². The molecule has 2 fully saturated rings. The van der Waals surface area contributed by atoms with E-state index in [1.807, 2.05) is 0 Å². The standard InChI is InChI=1S/C13H20ClN3OS/c1-16-5-2-3-9-7-17(6-4-10(9)16)13-15-12(14)11(8-18)19-13/h9-10,18H,2-8H2,1H3. The average Bonchev–Trinajstić information content (AvgIpc) is 2.80. The van der Waals surface area contributed by atoms with Gasteiger partial charge in [-0.2, -0.15) is 0 Å². The fraction of sp³-hybridized carbons (Fsp3) is 0.769. The zero-order valence-corrected chi connectivity index (χ0v) is 12.8. The maximum absolute atomic E-state index is 9.21. The summed E-state index contributed by atoms with van der Waals surface area (Å²) in [5.41, 5.74) is 0. The van der Waals surface area contributed by atoms with Crippen molar-refractivity contribution in [2.24, 2.45) is 5.92 Å². The molecular formula is C13H20ClN3OS. The minimum atomic E-state index is -0.0148. The lowest BCUT2D eigenvalue weighted by atomic mass is 9.84. The van der Waals surface area contributed by atoms with Gasteiger partial charge in [0.25, 0.3) is 0 Å². The molecule has 3 heterocycles. The van der Waals surface area contributed by atoms with E-state index in [9.17, 15) is 5.11 Å². The molecule has 3 rings (SSSR count). The van der Waals surface area contributed by atoms with Gasteiger partial charge in [0.05, 0.1) is 11.5 Å². The Kier molecular flexibility index (Phi) is 3.98. The monoisotopic (exact) mass is 301 g/mol. The van der Waals surface area contributed by atoms with Crippen molar-refractivity contribution >= 4 is 28.1 Å². The fourth-order valence-corrected chi connectivity index (χ4v) is 4.53. The van der Waals surface area contributed by atoms with Gasteiger partial charge < -0.3 is 14.9 Å². The van der Waals surface area contributed by atoms with E-state index in [1.165, 1.54) is 37.1 Å². The van der Waals surface area contributed by atoms with Gasteiger partial charge in [-0.15, -0.1) is 0 Å². The van der Waals surface area contributed by atoms with Crippen LogP contribution >= 0.6 is 22.9 Å². The second kappa shape index (κ2) is 5.56. The van der Waals surface area contributed by atoms with Crippen molar-refractivity contribution in [3.63, 3.8) is 0 Å². The topological polar surface area (TPSA) is 39.6 Å². The van der Waals surface area contributed by atoms with Gasteiger partial charge in [0.2, 0.25) is 0 Å². The molecule has 2 saturated heterocycles. The van der Waals surface area contributed by atoms with Crippen molar-refractivity contribution in [2.75, 3.05) is 31.6 Å². The van der Waals surface area contributed by atoms with E-state index >= 15 is 0 Å². The number of aromatic nitrogens is 1. The van der Waals surface area contributed by atoms with Crippen LogP contribution in [-0.4, -0.2) is 47.7 Å². The van der Waals surface area contributed by atoms with E-state index < -0.39 is 0 Å². The molecule has 1 aromatic rings. The molecule has 0 radical (unpaired) electrons. The van der Waals surface area contributed by atoms with Crippen molar-refractivity contribution in [3.8, 4) is 0 Å². The Hall–Kier alpha value is -0.360.